The maximum atomic E-state index is 12.0. The van der Waals surface area contributed by atoms with Gasteiger partial charge in [-0.3, -0.25) is 15.6 Å². The lowest BCUT2D eigenvalue weighted by molar-refractivity contribution is -0.123. The maximum Gasteiger partial charge on any atom is 0.408 e. The van der Waals surface area contributed by atoms with Crippen LogP contribution in [-0.2, 0) is 16.1 Å². The van der Waals surface area contributed by atoms with E-state index in [4.69, 9.17) is 17.0 Å². The number of rotatable bonds is 5. The fourth-order valence-electron chi connectivity index (χ4n) is 2.70. The van der Waals surface area contributed by atoms with E-state index in [1.165, 1.54) is 19.3 Å². The molecular weight excluding hydrogens is 352 g/mol. The molecule has 1 aromatic rings. The van der Waals surface area contributed by atoms with Gasteiger partial charge in [0.05, 0.1) is 0 Å². The molecule has 2 rings (SSSR count). The molecule has 0 bridgehead atoms. The molecule has 8 heteroatoms. The zero-order chi connectivity index (χ0) is 18.8. The van der Waals surface area contributed by atoms with Crippen LogP contribution in [-0.4, -0.2) is 29.2 Å². The number of ether oxygens (including phenoxy) is 1. The number of nitrogens with one attached hydrogen (secondary N) is 4. The van der Waals surface area contributed by atoms with E-state index in [0.717, 1.165) is 18.4 Å². The Morgan fingerprint density at radius 2 is 1.85 bits per heavy atom. The van der Waals surface area contributed by atoms with Gasteiger partial charge in [0.1, 0.15) is 12.6 Å². The number of carbonyl (C=O) groups excluding carboxylic acids is 2. The van der Waals surface area contributed by atoms with Gasteiger partial charge in [-0.2, -0.15) is 0 Å². The Morgan fingerprint density at radius 1 is 1.15 bits per heavy atom. The molecule has 0 radical (unpaired) electrons. The molecule has 1 aliphatic carbocycles. The lowest BCUT2D eigenvalue weighted by Gasteiger charge is -2.24. The van der Waals surface area contributed by atoms with Crippen LogP contribution in [0.5, 0.6) is 0 Å². The Kier molecular flexibility index (Phi) is 8.14. The highest BCUT2D eigenvalue weighted by Crippen LogP contribution is 2.17. The lowest BCUT2D eigenvalue weighted by Crippen LogP contribution is -2.54. The highest BCUT2D eigenvalue weighted by Gasteiger charge is 2.18. The van der Waals surface area contributed by atoms with Crippen molar-refractivity contribution in [1.82, 2.24) is 21.5 Å². The number of amides is 2. The van der Waals surface area contributed by atoms with Gasteiger partial charge in [-0.25, -0.2) is 4.79 Å². The van der Waals surface area contributed by atoms with Crippen molar-refractivity contribution in [3.8, 4) is 0 Å². The van der Waals surface area contributed by atoms with Crippen LogP contribution in [0.4, 0.5) is 4.79 Å². The second-order valence-corrected chi connectivity index (χ2v) is 6.76. The van der Waals surface area contributed by atoms with Crippen molar-refractivity contribution in [1.29, 1.82) is 0 Å². The molecular formula is C18H26N4O3S. The van der Waals surface area contributed by atoms with Gasteiger partial charge in [-0.1, -0.05) is 49.6 Å². The average molecular weight is 378 g/mol. The van der Waals surface area contributed by atoms with Gasteiger partial charge in [-0.15, -0.1) is 0 Å². The molecule has 1 aliphatic rings. The van der Waals surface area contributed by atoms with Crippen LogP contribution in [0.25, 0.3) is 0 Å². The smallest absolute Gasteiger partial charge is 0.408 e. The molecule has 26 heavy (non-hydrogen) atoms. The number of hydrogen-bond acceptors (Lipinski definition) is 4. The molecule has 142 valence electrons. The Labute approximate surface area is 159 Å². The standard InChI is InChI=1S/C18H26N4O3S/c1-13(19-18(24)25-12-14-8-4-2-5-9-14)16(23)21-22-17(26)20-15-10-6-3-7-11-15/h2,4-5,8-9,13,15H,3,6-7,10-12H2,1H3,(H,19,24)(H,21,23)(H2,20,22,26)/t13-/m0/s1. The van der Waals surface area contributed by atoms with E-state index < -0.39 is 18.0 Å². The summed E-state index contributed by atoms with van der Waals surface area (Å²) in [6.07, 6.45) is 5.16. The number of hydrazine groups is 1. The highest BCUT2D eigenvalue weighted by molar-refractivity contribution is 7.80. The molecule has 0 unspecified atom stereocenters. The van der Waals surface area contributed by atoms with E-state index >= 15 is 0 Å². The van der Waals surface area contributed by atoms with Gasteiger partial charge < -0.3 is 15.4 Å². The van der Waals surface area contributed by atoms with Crippen molar-refractivity contribution in [2.24, 2.45) is 0 Å². The summed E-state index contributed by atoms with van der Waals surface area (Å²) in [6, 6.07) is 8.91. The largest absolute Gasteiger partial charge is 0.445 e. The first-order valence-corrected chi connectivity index (χ1v) is 9.29. The first-order valence-electron chi connectivity index (χ1n) is 8.88. The van der Waals surface area contributed by atoms with Crippen LogP contribution in [0.1, 0.15) is 44.6 Å². The molecule has 1 fully saturated rings. The van der Waals surface area contributed by atoms with Gasteiger partial charge in [0.2, 0.25) is 0 Å². The topological polar surface area (TPSA) is 91.5 Å². The fraction of sp³-hybridized carbons (Fsp3) is 0.500. The summed E-state index contributed by atoms with van der Waals surface area (Å²) >= 11 is 5.17. The van der Waals surface area contributed by atoms with Crippen LogP contribution in [0.15, 0.2) is 30.3 Å². The third-order valence-electron chi connectivity index (χ3n) is 4.18. The van der Waals surface area contributed by atoms with E-state index in [2.05, 4.69) is 21.5 Å². The first kappa shape index (κ1) is 20.0. The molecule has 2 amide bonds. The Morgan fingerprint density at radius 3 is 2.54 bits per heavy atom. The molecule has 0 heterocycles. The molecule has 0 aliphatic heterocycles. The predicted octanol–water partition coefficient (Wildman–Crippen LogP) is 2.13. The zero-order valence-electron chi connectivity index (χ0n) is 14.9. The average Bonchev–Trinajstić information content (AvgIpc) is 2.66. The number of benzene rings is 1. The summed E-state index contributed by atoms with van der Waals surface area (Å²) in [7, 11) is 0. The summed E-state index contributed by atoms with van der Waals surface area (Å²) < 4.78 is 5.09. The zero-order valence-corrected chi connectivity index (χ0v) is 15.7. The van der Waals surface area contributed by atoms with E-state index in [-0.39, 0.29) is 6.61 Å². The molecule has 7 nitrogen and oxygen atoms in total. The van der Waals surface area contributed by atoms with Gasteiger partial charge in [0.15, 0.2) is 5.11 Å². The van der Waals surface area contributed by atoms with Crippen LogP contribution in [0.3, 0.4) is 0 Å². The quantitative estimate of drug-likeness (QED) is 0.463. The molecule has 0 spiro atoms. The Balaban J connectivity index is 1.63. The minimum absolute atomic E-state index is 0.147. The minimum atomic E-state index is -0.761. The molecule has 0 saturated heterocycles. The van der Waals surface area contributed by atoms with Crippen LogP contribution in [0.2, 0.25) is 0 Å². The molecule has 1 atom stereocenters. The third-order valence-corrected chi connectivity index (χ3v) is 4.40. The van der Waals surface area contributed by atoms with E-state index in [9.17, 15) is 9.59 Å². The van der Waals surface area contributed by atoms with E-state index in [1.54, 1.807) is 6.92 Å². The van der Waals surface area contributed by atoms with Crippen LogP contribution in [0, 0.1) is 0 Å². The van der Waals surface area contributed by atoms with Crippen molar-refractivity contribution in [2.75, 3.05) is 0 Å². The first-order chi connectivity index (χ1) is 12.5. The van der Waals surface area contributed by atoms with E-state index in [0.29, 0.717) is 11.2 Å². The van der Waals surface area contributed by atoms with Crippen LogP contribution >= 0.6 is 12.2 Å². The summed E-state index contributed by atoms with van der Waals surface area (Å²) in [5.74, 6) is -0.408. The number of carbonyl (C=O) groups is 2. The number of hydrogen-bond donors (Lipinski definition) is 4. The Hall–Kier alpha value is -2.35. The second-order valence-electron chi connectivity index (χ2n) is 6.35. The van der Waals surface area contributed by atoms with Crippen LogP contribution < -0.4 is 21.5 Å². The van der Waals surface area contributed by atoms with Crippen molar-refractivity contribution in [3.05, 3.63) is 35.9 Å². The molecule has 0 aromatic heterocycles. The highest BCUT2D eigenvalue weighted by atomic mass is 32.1. The second kappa shape index (κ2) is 10.6. The van der Waals surface area contributed by atoms with Gasteiger partial charge in [0, 0.05) is 6.04 Å². The van der Waals surface area contributed by atoms with Gasteiger partial charge in [0.25, 0.3) is 5.91 Å². The third kappa shape index (κ3) is 7.26. The fourth-order valence-corrected chi connectivity index (χ4v) is 2.92. The molecule has 1 saturated carbocycles. The minimum Gasteiger partial charge on any atom is -0.445 e. The van der Waals surface area contributed by atoms with Crippen molar-refractivity contribution in [3.63, 3.8) is 0 Å². The summed E-state index contributed by atoms with van der Waals surface area (Å²) in [5.41, 5.74) is 6.03. The van der Waals surface area contributed by atoms with Gasteiger partial charge >= 0.3 is 6.09 Å². The van der Waals surface area contributed by atoms with Gasteiger partial charge in [-0.05, 0) is 37.5 Å². The lowest BCUT2D eigenvalue weighted by atomic mass is 9.96. The maximum absolute atomic E-state index is 12.0. The number of alkyl carbamates (subject to hydrolysis) is 1. The Bertz CT molecular complexity index is 606. The SMILES string of the molecule is C[C@H](NC(=O)OCc1ccccc1)C(=O)NNC(=S)NC1CCCCC1. The molecule has 4 N–H and O–H groups in total. The number of thiocarbonyl (C=S) groups is 1. The summed E-state index contributed by atoms with van der Waals surface area (Å²) in [6.45, 7) is 1.72. The predicted molar refractivity (Wildman–Crippen MR) is 103 cm³/mol. The molecule has 1 aromatic carbocycles. The summed E-state index contributed by atoms with van der Waals surface area (Å²) in [5, 5.41) is 6.04. The monoisotopic (exact) mass is 378 g/mol. The normalized spacial score (nSPS) is 15.4. The summed E-state index contributed by atoms with van der Waals surface area (Å²) in [4.78, 5) is 23.8. The van der Waals surface area contributed by atoms with E-state index in [1.807, 2.05) is 30.3 Å². The van der Waals surface area contributed by atoms with Crippen molar-refractivity contribution in [2.45, 2.75) is 57.7 Å². The van der Waals surface area contributed by atoms with Crippen molar-refractivity contribution >= 4 is 29.3 Å². The van der Waals surface area contributed by atoms with Crippen molar-refractivity contribution < 1.29 is 14.3 Å².